The van der Waals surface area contributed by atoms with Gasteiger partial charge in [0.15, 0.2) is 5.96 Å². The predicted molar refractivity (Wildman–Crippen MR) is 129 cm³/mol. The standard InChI is InChI=1S/C20H32F3N5S.HI/c1-2-24-19(28-13-11-27(12-14-28)18-4-3-15-29-18)25-8-5-17-6-9-26(10-7-17)16-20(21,22)23;/h3-4,15,17H,2,5-14,16H2,1H3,(H,24,25);1H. The highest BCUT2D eigenvalue weighted by atomic mass is 127. The fourth-order valence-electron chi connectivity index (χ4n) is 4.05. The second kappa shape index (κ2) is 12.3. The number of hydrogen-bond donors (Lipinski definition) is 1. The molecule has 0 atom stereocenters. The highest BCUT2D eigenvalue weighted by molar-refractivity contribution is 14.0. The van der Waals surface area contributed by atoms with E-state index < -0.39 is 12.7 Å². The molecule has 10 heteroatoms. The number of alkyl halides is 3. The van der Waals surface area contributed by atoms with Gasteiger partial charge >= 0.3 is 6.18 Å². The van der Waals surface area contributed by atoms with Crippen molar-refractivity contribution >= 4 is 46.3 Å². The van der Waals surface area contributed by atoms with Gasteiger partial charge in [0.25, 0.3) is 0 Å². The molecule has 2 aliphatic heterocycles. The van der Waals surface area contributed by atoms with Gasteiger partial charge in [0.2, 0.25) is 0 Å². The number of rotatable bonds is 6. The first kappa shape index (κ1) is 25.5. The van der Waals surface area contributed by atoms with Gasteiger partial charge in [-0.3, -0.25) is 9.89 Å². The van der Waals surface area contributed by atoms with E-state index in [1.54, 1.807) is 11.3 Å². The van der Waals surface area contributed by atoms with Crippen molar-refractivity contribution in [2.45, 2.75) is 32.4 Å². The maximum Gasteiger partial charge on any atom is 0.401 e. The summed E-state index contributed by atoms with van der Waals surface area (Å²) in [6, 6.07) is 4.26. The van der Waals surface area contributed by atoms with Crippen LogP contribution in [0.3, 0.4) is 0 Å². The molecule has 0 aliphatic carbocycles. The Morgan fingerprint density at radius 3 is 2.43 bits per heavy atom. The molecule has 1 N–H and O–H groups in total. The highest BCUT2D eigenvalue weighted by Gasteiger charge is 2.32. The molecule has 30 heavy (non-hydrogen) atoms. The topological polar surface area (TPSA) is 34.1 Å². The zero-order valence-corrected chi connectivity index (χ0v) is 20.7. The molecule has 2 aliphatic rings. The molecule has 0 radical (unpaired) electrons. The molecule has 0 saturated carbocycles. The Morgan fingerprint density at radius 2 is 1.87 bits per heavy atom. The van der Waals surface area contributed by atoms with Crippen molar-refractivity contribution in [3.05, 3.63) is 17.5 Å². The van der Waals surface area contributed by atoms with E-state index in [9.17, 15) is 13.2 Å². The van der Waals surface area contributed by atoms with E-state index in [-0.39, 0.29) is 24.0 Å². The average Bonchev–Trinajstić information content (AvgIpc) is 3.22. The van der Waals surface area contributed by atoms with Crippen molar-refractivity contribution in [2.24, 2.45) is 10.9 Å². The minimum Gasteiger partial charge on any atom is -0.360 e. The number of piperidine rings is 1. The third-order valence-corrected chi connectivity index (χ3v) is 6.57. The summed E-state index contributed by atoms with van der Waals surface area (Å²) in [6.45, 7) is 7.81. The number of aliphatic imine (C=N–C) groups is 1. The molecule has 2 fully saturated rings. The van der Waals surface area contributed by atoms with E-state index in [0.717, 1.165) is 64.5 Å². The van der Waals surface area contributed by atoms with Crippen LogP contribution in [0.25, 0.3) is 0 Å². The van der Waals surface area contributed by atoms with E-state index in [1.165, 1.54) is 9.90 Å². The summed E-state index contributed by atoms with van der Waals surface area (Å²) < 4.78 is 37.5. The SMILES string of the molecule is CCNC(=NCCC1CCN(CC(F)(F)F)CC1)N1CCN(c2cccs2)CC1.I. The molecule has 1 aromatic heterocycles. The van der Waals surface area contributed by atoms with Crippen LogP contribution < -0.4 is 10.2 Å². The van der Waals surface area contributed by atoms with Crippen LogP contribution in [-0.4, -0.2) is 80.8 Å². The van der Waals surface area contributed by atoms with Crippen molar-refractivity contribution in [3.63, 3.8) is 0 Å². The Kier molecular flexibility index (Phi) is 10.5. The van der Waals surface area contributed by atoms with Crippen LogP contribution >= 0.6 is 35.3 Å². The fraction of sp³-hybridized carbons (Fsp3) is 0.750. The van der Waals surface area contributed by atoms with Crippen molar-refractivity contribution in [1.82, 2.24) is 15.1 Å². The number of likely N-dealkylation sites (tertiary alicyclic amines) is 1. The minimum atomic E-state index is -4.09. The smallest absolute Gasteiger partial charge is 0.360 e. The second-order valence-corrected chi connectivity index (χ2v) is 8.71. The maximum absolute atomic E-state index is 12.5. The van der Waals surface area contributed by atoms with Gasteiger partial charge in [0.1, 0.15) is 0 Å². The molecule has 0 aromatic carbocycles. The number of halogens is 4. The quantitative estimate of drug-likeness (QED) is 0.323. The molecule has 3 rings (SSSR count). The van der Waals surface area contributed by atoms with Gasteiger partial charge in [0, 0.05) is 39.3 Å². The molecular formula is C20H33F3IN5S. The first-order valence-electron chi connectivity index (χ1n) is 10.6. The summed E-state index contributed by atoms with van der Waals surface area (Å²) in [4.78, 5) is 11.1. The Morgan fingerprint density at radius 1 is 1.17 bits per heavy atom. The monoisotopic (exact) mass is 559 g/mol. The van der Waals surface area contributed by atoms with Crippen molar-refractivity contribution in [3.8, 4) is 0 Å². The van der Waals surface area contributed by atoms with Gasteiger partial charge in [-0.1, -0.05) is 0 Å². The average molecular weight is 559 g/mol. The van der Waals surface area contributed by atoms with Crippen molar-refractivity contribution in [1.29, 1.82) is 0 Å². The Labute approximate surface area is 198 Å². The van der Waals surface area contributed by atoms with Crippen molar-refractivity contribution < 1.29 is 13.2 Å². The number of piperazine rings is 1. The number of nitrogens with zero attached hydrogens (tertiary/aromatic N) is 4. The lowest BCUT2D eigenvalue weighted by molar-refractivity contribution is -0.148. The van der Waals surface area contributed by atoms with E-state index in [2.05, 4.69) is 39.6 Å². The third kappa shape index (κ3) is 8.07. The number of guanidine groups is 1. The Hall–Kier alpha value is -0.750. The van der Waals surface area contributed by atoms with Gasteiger partial charge in [-0.15, -0.1) is 35.3 Å². The largest absolute Gasteiger partial charge is 0.401 e. The van der Waals surface area contributed by atoms with Gasteiger partial charge in [-0.2, -0.15) is 13.2 Å². The molecule has 1 aromatic rings. The highest BCUT2D eigenvalue weighted by Crippen LogP contribution is 2.25. The molecule has 5 nitrogen and oxygen atoms in total. The first-order valence-corrected chi connectivity index (χ1v) is 11.4. The number of nitrogens with one attached hydrogen (secondary N) is 1. The summed E-state index contributed by atoms with van der Waals surface area (Å²) in [5.74, 6) is 1.44. The normalized spacial score (nSPS) is 19.7. The molecular weight excluding hydrogens is 526 g/mol. The molecule has 0 unspecified atom stereocenters. The zero-order valence-electron chi connectivity index (χ0n) is 17.5. The molecule has 0 amide bonds. The second-order valence-electron chi connectivity index (χ2n) is 7.78. The van der Waals surface area contributed by atoms with E-state index >= 15 is 0 Å². The Bertz CT molecular complexity index is 625. The van der Waals surface area contributed by atoms with E-state index in [0.29, 0.717) is 19.0 Å². The lowest BCUT2D eigenvalue weighted by Gasteiger charge is -2.37. The predicted octanol–water partition coefficient (Wildman–Crippen LogP) is 4.12. The fourth-order valence-corrected chi connectivity index (χ4v) is 4.84. The minimum absolute atomic E-state index is 0. The summed E-state index contributed by atoms with van der Waals surface area (Å²) in [5.41, 5.74) is 0. The third-order valence-electron chi connectivity index (χ3n) is 5.64. The van der Waals surface area contributed by atoms with Crippen LogP contribution in [0.4, 0.5) is 18.2 Å². The summed E-state index contributed by atoms with van der Waals surface area (Å²) in [5, 5.41) is 6.83. The van der Waals surface area contributed by atoms with Crippen molar-refractivity contribution in [2.75, 3.05) is 63.8 Å². The summed E-state index contributed by atoms with van der Waals surface area (Å²) >= 11 is 1.78. The summed E-state index contributed by atoms with van der Waals surface area (Å²) in [7, 11) is 0. The number of hydrogen-bond acceptors (Lipinski definition) is 4. The Balaban J connectivity index is 0.00000320. The van der Waals surface area contributed by atoms with Crippen LogP contribution in [0.5, 0.6) is 0 Å². The van der Waals surface area contributed by atoms with Gasteiger partial charge < -0.3 is 15.1 Å². The van der Waals surface area contributed by atoms with Crippen LogP contribution in [0.15, 0.2) is 22.5 Å². The van der Waals surface area contributed by atoms with Gasteiger partial charge in [0.05, 0.1) is 11.5 Å². The first-order chi connectivity index (χ1) is 13.9. The van der Waals surface area contributed by atoms with Crippen LogP contribution in [0.2, 0.25) is 0 Å². The lowest BCUT2D eigenvalue weighted by Crippen LogP contribution is -2.52. The molecule has 0 bridgehead atoms. The van der Waals surface area contributed by atoms with Gasteiger partial charge in [-0.25, -0.2) is 0 Å². The summed E-state index contributed by atoms with van der Waals surface area (Å²) in [6.07, 6.45) is -1.47. The van der Waals surface area contributed by atoms with E-state index in [1.807, 2.05) is 0 Å². The van der Waals surface area contributed by atoms with Crippen LogP contribution in [-0.2, 0) is 0 Å². The molecule has 0 spiro atoms. The number of anilines is 1. The van der Waals surface area contributed by atoms with Crippen LogP contribution in [0.1, 0.15) is 26.2 Å². The van der Waals surface area contributed by atoms with Gasteiger partial charge in [-0.05, 0) is 62.7 Å². The zero-order chi connectivity index (χ0) is 20.7. The van der Waals surface area contributed by atoms with Crippen LogP contribution in [0, 0.1) is 5.92 Å². The van der Waals surface area contributed by atoms with E-state index in [4.69, 9.17) is 4.99 Å². The number of thiophene rings is 1. The molecule has 172 valence electrons. The maximum atomic E-state index is 12.5. The molecule has 3 heterocycles. The molecule has 2 saturated heterocycles. The lowest BCUT2D eigenvalue weighted by atomic mass is 9.93.